The Bertz CT molecular complexity index is 831. The minimum Gasteiger partial charge on any atom is -0.319 e. The molecule has 0 saturated carbocycles. The molecule has 3 aromatic rings. The Labute approximate surface area is 144 Å². The van der Waals surface area contributed by atoms with Crippen LogP contribution in [-0.4, -0.2) is 38.7 Å². The topological polar surface area (TPSA) is 91.4 Å². The lowest BCUT2D eigenvalue weighted by molar-refractivity contribution is 0.775. The molecule has 0 unspecified atom stereocenters. The second-order valence-corrected chi connectivity index (χ2v) is 5.68. The van der Waals surface area contributed by atoms with Crippen LogP contribution in [-0.2, 0) is 6.42 Å². The van der Waals surface area contributed by atoms with Crippen LogP contribution in [0, 0.1) is 6.92 Å². The van der Waals surface area contributed by atoms with Crippen molar-refractivity contribution in [1.82, 2.24) is 30.5 Å². The molecule has 3 N–H and O–H groups in total. The number of H-pyrrole nitrogens is 1. The minimum atomic E-state index is 0.468. The Morgan fingerprint density at radius 3 is 2.71 bits per heavy atom. The molecule has 0 aliphatic carbocycles. The molecular weight excluding hydrogens is 326 g/mol. The van der Waals surface area contributed by atoms with Gasteiger partial charge in [-0.2, -0.15) is 4.98 Å². The number of benzene rings is 1. The highest BCUT2D eigenvalue weighted by Gasteiger charge is 2.11. The highest BCUT2D eigenvalue weighted by Crippen LogP contribution is 2.26. The van der Waals surface area contributed by atoms with Crippen molar-refractivity contribution in [2.24, 2.45) is 0 Å². The van der Waals surface area contributed by atoms with Gasteiger partial charge in [0, 0.05) is 30.3 Å². The van der Waals surface area contributed by atoms with Crippen LogP contribution >= 0.6 is 11.6 Å². The molecule has 24 heavy (non-hydrogen) atoms. The van der Waals surface area contributed by atoms with E-state index in [0.29, 0.717) is 22.6 Å². The van der Waals surface area contributed by atoms with Gasteiger partial charge in [-0.05, 0) is 26.1 Å². The van der Waals surface area contributed by atoms with Gasteiger partial charge in [-0.1, -0.05) is 23.7 Å². The summed E-state index contributed by atoms with van der Waals surface area (Å²) in [7, 11) is 1.91. The normalized spacial score (nSPS) is 10.8. The van der Waals surface area contributed by atoms with E-state index in [9.17, 15) is 0 Å². The molecule has 0 aliphatic heterocycles. The number of hydrogen-bond donors (Lipinski definition) is 3. The van der Waals surface area contributed by atoms with Crippen LogP contribution < -0.4 is 10.6 Å². The molecule has 2 aromatic heterocycles. The number of nitrogens with zero attached hydrogens (tertiary/aromatic N) is 4. The highest BCUT2D eigenvalue weighted by molar-refractivity contribution is 6.33. The summed E-state index contributed by atoms with van der Waals surface area (Å²) in [6.07, 6.45) is 0.776. The fourth-order valence-corrected chi connectivity index (χ4v) is 2.44. The maximum Gasteiger partial charge on any atom is 0.247 e. The van der Waals surface area contributed by atoms with E-state index >= 15 is 0 Å². The quantitative estimate of drug-likeness (QED) is 0.637. The van der Waals surface area contributed by atoms with Crippen molar-refractivity contribution >= 4 is 23.4 Å². The predicted octanol–water partition coefficient (Wildman–Crippen LogP) is 2.73. The van der Waals surface area contributed by atoms with Gasteiger partial charge >= 0.3 is 0 Å². The van der Waals surface area contributed by atoms with E-state index in [0.717, 1.165) is 30.0 Å². The summed E-state index contributed by atoms with van der Waals surface area (Å²) >= 11 is 6.29. The van der Waals surface area contributed by atoms with Gasteiger partial charge in [0.1, 0.15) is 11.6 Å². The predicted molar refractivity (Wildman–Crippen MR) is 94.5 cm³/mol. The Hall–Kier alpha value is -2.51. The lowest BCUT2D eigenvalue weighted by Crippen LogP contribution is -2.12. The molecule has 0 saturated heterocycles. The van der Waals surface area contributed by atoms with E-state index in [1.165, 1.54) is 0 Å². The van der Waals surface area contributed by atoms with Gasteiger partial charge in [0.25, 0.3) is 0 Å². The van der Waals surface area contributed by atoms with Crippen LogP contribution in [0.2, 0.25) is 5.02 Å². The number of nitrogens with one attached hydrogen (secondary N) is 3. The molecule has 0 radical (unpaired) electrons. The molecule has 0 aliphatic rings. The summed E-state index contributed by atoms with van der Waals surface area (Å²) in [5, 5.41) is 13.7. The van der Waals surface area contributed by atoms with Crippen molar-refractivity contribution in [2.75, 3.05) is 18.9 Å². The Morgan fingerprint density at radius 1 is 1.17 bits per heavy atom. The minimum absolute atomic E-state index is 0.468. The maximum atomic E-state index is 6.29. The number of rotatable bonds is 6. The summed E-state index contributed by atoms with van der Waals surface area (Å²) in [5.41, 5.74) is 1.70. The number of anilines is 2. The molecule has 0 fully saturated rings. The number of hydrogen-bond acceptors (Lipinski definition) is 6. The first kappa shape index (κ1) is 16.4. The van der Waals surface area contributed by atoms with Gasteiger partial charge in [0.15, 0.2) is 5.82 Å². The molecule has 0 spiro atoms. The smallest absolute Gasteiger partial charge is 0.247 e. The summed E-state index contributed by atoms with van der Waals surface area (Å²) < 4.78 is 0. The second kappa shape index (κ2) is 7.37. The lowest BCUT2D eigenvalue weighted by atomic mass is 10.2. The van der Waals surface area contributed by atoms with Crippen LogP contribution in [0.5, 0.6) is 0 Å². The van der Waals surface area contributed by atoms with Gasteiger partial charge in [-0.3, -0.25) is 5.10 Å². The highest BCUT2D eigenvalue weighted by atomic mass is 35.5. The molecule has 0 atom stereocenters. The van der Waals surface area contributed by atoms with E-state index in [-0.39, 0.29) is 0 Å². The monoisotopic (exact) mass is 343 g/mol. The Morgan fingerprint density at radius 2 is 2.00 bits per heavy atom. The van der Waals surface area contributed by atoms with E-state index in [1.807, 2.05) is 44.3 Å². The molecule has 8 heteroatoms. The first-order chi connectivity index (χ1) is 11.7. The Kier molecular flexibility index (Phi) is 5.02. The summed E-state index contributed by atoms with van der Waals surface area (Å²) in [6, 6.07) is 9.42. The maximum absolute atomic E-state index is 6.29. The Balaban J connectivity index is 1.98. The number of likely N-dealkylation sites (N-methyl/N-ethyl adjacent to an activating group) is 1. The molecule has 124 valence electrons. The van der Waals surface area contributed by atoms with Gasteiger partial charge in [-0.25, -0.2) is 9.97 Å². The molecule has 7 nitrogen and oxygen atoms in total. The average molecular weight is 344 g/mol. The van der Waals surface area contributed by atoms with Gasteiger partial charge in [0.05, 0.1) is 5.02 Å². The summed E-state index contributed by atoms with van der Waals surface area (Å²) in [4.78, 5) is 13.4. The fourth-order valence-electron chi connectivity index (χ4n) is 2.22. The van der Waals surface area contributed by atoms with Crippen molar-refractivity contribution in [2.45, 2.75) is 13.3 Å². The van der Waals surface area contributed by atoms with Crippen molar-refractivity contribution < 1.29 is 0 Å². The first-order valence-corrected chi connectivity index (χ1v) is 7.97. The van der Waals surface area contributed by atoms with Gasteiger partial charge < -0.3 is 10.6 Å². The van der Waals surface area contributed by atoms with Crippen LogP contribution in [0.15, 0.2) is 30.3 Å². The van der Waals surface area contributed by atoms with Crippen LogP contribution in [0.25, 0.3) is 11.4 Å². The second-order valence-electron chi connectivity index (χ2n) is 5.27. The zero-order chi connectivity index (χ0) is 16.9. The zero-order valence-electron chi connectivity index (χ0n) is 13.5. The molecular formula is C16H18ClN7. The third-order valence-corrected chi connectivity index (χ3v) is 3.69. The van der Waals surface area contributed by atoms with E-state index in [4.69, 9.17) is 11.6 Å². The molecule has 1 aromatic carbocycles. The SMILES string of the molecule is CNCCc1cc(Nc2n[nH]c(C)n2)nc(-c2ccccc2Cl)n1. The van der Waals surface area contributed by atoms with Crippen LogP contribution in [0.1, 0.15) is 11.5 Å². The number of aromatic nitrogens is 5. The van der Waals surface area contributed by atoms with E-state index in [2.05, 4.69) is 35.8 Å². The van der Waals surface area contributed by atoms with E-state index in [1.54, 1.807) is 0 Å². The molecule has 0 amide bonds. The lowest BCUT2D eigenvalue weighted by Gasteiger charge is -2.09. The van der Waals surface area contributed by atoms with Crippen molar-refractivity contribution in [3.05, 3.63) is 46.9 Å². The van der Waals surface area contributed by atoms with E-state index < -0.39 is 0 Å². The zero-order valence-corrected chi connectivity index (χ0v) is 14.2. The standard InChI is InChI=1S/C16H18ClN7/c1-10-19-16(24-23-10)22-14-9-11(7-8-18-2)20-15(21-14)12-5-3-4-6-13(12)17/h3-6,9,18H,7-8H2,1-2H3,(H2,19,20,21,22,23,24). The molecule has 0 bridgehead atoms. The first-order valence-electron chi connectivity index (χ1n) is 7.59. The van der Waals surface area contributed by atoms with Gasteiger partial charge in [-0.15, -0.1) is 5.10 Å². The fraction of sp³-hybridized carbons (Fsp3) is 0.250. The largest absolute Gasteiger partial charge is 0.319 e. The van der Waals surface area contributed by atoms with Crippen LogP contribution in [0.3, 0.4) is 0 Å². The van der Waals surface area contributed by atoms with Crippen LogP contribution in [0.4, 0.5) is 11.8 Å². The average Bonchev–Trinajstić information content (AvgIpc) is 2.98. The molecule has 3 rings (SSSR count). The van der Waals surface area contributed by atoms with Crippen molar-refractivity contribution in [1.29, 1.82) is 0 Å². The number of aromatic amines is 1. The van der Waals surface area contributed by atoms with Gasteiger partial charge in [0.2, 0.25) is 5.95 Å². The van der Waals surface area contributed by atoms with Crippen molar-refractivity contribution in [3.8, 4) is 11.4 Å². The molecule has 2 heterocycles. The summed E-state index contributed by atoms with van der Waals surface area (Å²) in [6.45, 7) is 2.66. The third-order valence-electron chi connectivity index (χ3n) is 3.36. The number of halogens is 1. The van der Waals surface area contributed by atoms with Crippen molar-refractivity contribution in [3.63, 3.8) is 0 Å². The summed E-state index contributed by atoms with van der Waals surface area (Å²) in [5.74, 6) is 2.40. The number of aryl methyl sites for hydroxylation is 1. The third kappa shape index (κ3) is 3.87.